The second kappa shape index (κ2) is 6.19. The SMILES string of the molecule is CCC1CCCN(c2ccc(C(C)O)nc2)CC1. The minimum absolute atomic E-state index is 0.479. The molecular formula is C15H24N2O. The molecule has 1 aliphatic heterocycles. The van der Waals surface area contributed by atoms with Gasteiger partial charge in [-0.2, -0.15) is 0 Å². The normalized spacial score (nSPS) is 22.6. The number of aromatic nitrogens is 1. The Hall–Kier alpha value is -1.09. The second-order valence-corrected chi connectivity index (χ2v) is 5.31. The Kier molecular flexibility index (Phi) is 4.59. The van der Waals surface area contributed by atoms with Gasteiger partial charge >= 0.3 is 0 Å². The smallest absolute Gasteiger partial charge is 0.0931 e. The summed E-state index contributed by atoms with van der Waals surface area (Å²) in [6, 6.07) is 4.02. The van der Waals surface area contributed by atoms with Crippen LogP contribution >= 0.6 is 0 Å². The van der Waals surface area contributed by atoms with Crippen molar-refractivity contribution in [2.75, 3.05) is 18.0 Å². The first-order valence-electron chi connectivity index (χ1n) is 7.09. The third-order valence-corrected chi connectivity index (χ3v) is 3.99. The van der Waals surface area contributed by atoms with Crippen molar-refractivity contribution in [2.24, 2.45) is 5.92 Å². The van der Waals surface area contributed by atoms with E-state index >= 15 is 0 Å². The Morgan fingerprint density at radius 3 is 2.83 bits per heavy atom. The van der Waals surface area contributed by atoms with E-state index in [-0.39, 0.29) is 0 Å². The van der Waals surface area contributed by atoms with E-state index in [1.165, 1.54) is 31.4 Å². The number of aliphatic hydroxyl groups is 1. The molecule has 1 aliphatic rings. The van der Waals surface area contributed by atoms with E-state index in [2.05, 4.69) is 22.9 Å². The number of anilines is 1. The number of aliphatic hydroxyl groups excluding tert-OH is 1. The molecule has 3 nitrogen and oxygen atoms in total. The van der Waals surface area contributed by atoms with E-state index in [1.807, 2.05) is 12.3 Å². The zero-order chi connectivity index (χ0) is 13.0. The van der Waals surface area contributed by atoms with Crippen molar-refractivity contribution in [3.8, 4) is 0 Å². The van der Waals surface area contributed by atoms with Crippen molar-refractivity contribution in [1.29, 1.82) is 0 Å². The Balaban J connectivity index is 2.02. The van der Waals surface area contributed by atoms with Gasteiger partial charge in [-0.05, 0) is 44.2 Å². The Morgan fingerprint density at radius 1 is 1.39 bits per heavy atom. The van der Waals surface area contributed by atoms with Gasteiger partial charge in [-0.3, -0.25) is 4.98 Å². The molecule has 2 unspecified atom stereocenters. The van der Waals surface area contributed by atoms with Crippen molar-refractivity contribution in [2.45, 2.75) is 45.6 Å². The summed E-state index contributed by atoms with van der Waals surface area (Å²) in [5.41, 5.74) is 1.94. The Morgan fingerprint density at radius 2 is 2.22 bits per heavy atom. The highest BCUT2D eigenvalue weighted by molar-refractivity contribution is 5.44. The molecule has 0 spiro atoms. The van der Waals surface area contributed by atoms with Crippen LogP contribution in [0.25, 0.3) is 0 Å². The summed E-state index contributed by atoms with van der Waals surface area (Å²) in [7, 11) is 0. The highest BCUT2D eigenvalue weighted by Crippen LogP contribution is 2.24. The first-order chi connectivity index (χ1) is 8.70. The summed E-state index contributed by atoms with van der Waals surface area (Å²) >= 11 is 0. The monoisotopic (exact) mass is 248 g/mol. The fourth-order valence-corrected chi connectivity index (χ4v) is 2.66. The van der Waals surface area contributed by atoms with Gasteiger partial charge in [-0.25, -0.2) is 0 Å². The van der Waals surface area contributed by atoms with Gasteiger partial charge < -0.3 is 10.0 Å². The maximum Gasteiger partial charge on any atom is 0.0931 e. The van der Waals surface area contributed by atoms with Gasteiger partial charge in [-0.15, -0.1) is 0 Å². The molecule has 2 rings (SSSR count). The number of rotatable bonds is 3. The molecule has 0 radical (unpaired) electrons. The summed E-state index contributed by atoms with van der Waals surface area (Å²) < 4.78 is 0. The summed E-state index contributed by atoms with van der Waals surface area (Å²) in [6.45, 7) is 6.31. The average Bonchev–Trinajstić information content (AvgIpc) is 2.64. The largest absolute Gasteiger partial charge is 0.387 e. The molecule has 2 heterocycles. The van der Waals surface area contributed by atoms with E-state index in [0.717, 1.165) is 24.7 Å². The van der Waals surface area contributed by atoms with Crippen molar-refractivity contribution >= 4 is 5.69 Å². The van der Waals surface area contributed by atoms with Crippen LogP contribution in [0.5, 0.6) is 0 Å². The van der Waals surface area contributed by atoms with Gasteiger partial charge in [-0.1, -0.05) is 13.3 Å². The molecule has 0 amide bonds. The van der Waals surface area contributed by atoms with E-state index in [4.69, 9.17) is 0 Å². The minimum Gasteiger partial charge on any atom is -0.387 e. The highest BCUT2D eigenvalue weighted by Gasteiger charge is 2.16. The molecule has 1 N–H and O–H groups in total. The number of pyridine rings is 1. The number of nitrogens with zero attached hydrogens (tertiary/aromatic N) is 2. The first kappa shape index (κ1) is 13.3. The second-order valence-electron chi connectivity index (χ2n) is 5.31. The van der Waals surface area contributed by atoms with Crippen LogP contribution in [0.1, 0.15) is 51.3 Å². The third-order valence-electron chi connectivity index (χ3n) is 3.99. The van der Waals surface area contributed by atoms with Crippen molar-refractivity contribution in [3.05, 3.63) is 24.0 Å². The van der Waals surface area contributed by atoms with Crippen LogP contribution in [0.3, 0.4) is 0 Å². The maximum absolute atomic E-state index is 9.46. The molecule has 2 atom stereocenters. The average molecular weight is 248 g/mol. The molecule has 3 heteroatoms. The first-order valence-corrected chi connectivity index (χ1v) is 7.09. The van der Waals surface area contributed by atoms with Crippen molar-refractivity contribution < 1.29 is 5.11 Å². The molecule has 1 fully saturated rings. The van der Waals surface area contributed by atoms with Gasteiger partial charge in [0.2, 0.25) is 0 Å². The Bertz CT molecular complexity index is 361. The van der Waals surface area contributed by atoms with Gasteiger partial charge in [0.1, 0.15) is 0 Å². The molecule has 0 bridgehead atoms. The van der Waals surface area contributed by atoms with Gasteiger partial charge in [0.15, 0.2) is 0 Å². The summed E-state index contributed by atoms with van der Waals surface area (Å²) in [5.74, 6) is 0.889. The van der Waals surface area contributed by atoms with E-state index in [0.29, 0.717) is 0 Å². The van der Waals surface area contributed by atoms with Crippen molar-refractivity contribution in [1.82, 2.24) is 4.98 Å². The minimum atomic E-state index is -0.479. The quantitative estimate of drug-likeness (QED) is 0.892. The molecule has 1 aromatic heterocycles. The molecule has 0 aliphatic carbocycles. The molecule has 1 aromatic rings. The lowest BCUT2D eigenvalue weighted by atomic mass is 9.98. The fourth-order valence-electron chi connectivity index (χ4n) is 2.66. The molecule has 0 aromatic carbocycles. The lowest BCUT2D eigenvalue weighted by Crippen LogP contribution is -2.24. The zero-order valence-electron chi connectivity index (χ0n) is 11.5. The summed E-state index contributed by atoms with van der Waals surface area (Å²) in [6.07, 6.45) is 6.63. The van der Waals surface area contributed by atoms with Gasteiger partial charge in [0, 0.05) is 13.1 Å². The van der Waals surface area contributed by atoms with E-state index < -0.39 is 6.10 Å². The predicted octanol–water partition coefficient (Wildman–Crippen LogP) is 3.15. The molecular weight excluding hydrogens is 224 g/mol. The molecule has 18 heavy (non-hydrogen) atoms. The summed E-state index contributed by atoms with van der Waals surface area (Å²) in [4.78, 5) is 6.76. The lowest BCUT2D eigenvalue weighted by Gasteiger charge is -2.22. The van der Waals surface area contributed by atoms with Crippen LogP contribution in [0.4, 0.5) is 5.69 Å². The molecule has 100 valence electrons. The van der Waals surface area contributed by atoms with Crippen LogP contribution in [-0.2, 0) is 0 Å². The standard InChI is InChI=1S/C15H24N2O/c1-3-13-5-4-9-17(10-8-13)14-6-7-15(12(2)18)16-11-14/h6-7,11-13,18H,3-5,8-10H2,1-2H3. The molecule has 0 saturated carbocycles. The fraction of sp³-hybridized carbons (Fsp3) is 0.667. The van der Waals surface area contributed by atoms with E-state index in [9.17, 15) is 5.11 Å². The molecule has 1 saturated heterocycles. The van der Waals surface area contributed by atoms with Crippen LogP contribution in [0.2, 0.25) is 0 Å². The highest BCUT2D eigenvalue weighted by atomic mass is 16.3. The van der Waals surface area contributed by atoms with Crippen LogP contribution in [0.15, 0.2) is 18.3 Å². The van der Waals surface area contributed by atoms with Crippen LogP contribution in [0, 0.1) is 5.92 Å². The van der Waals surface area contributed by atoms with Crippen molar-refractivity contribution in [3.63, 3.8) is 0 Å². The van der Waals surface area contributed by atoms with Crippen LogP contribution < -0.4 is 4.90 Å². The predicted molar refractivity (Wildman–Crippen MR) is 74.7 cm³/mol. The van der Waals surface area contributed by atoms with Gasteiger partial charge in [0.05, 0.1) is 23.7 Å². The zero-order valence-corrected chi connectivity index (χ0v) is 11.5. The third kappa shape index (κ3) is 3.22. The number of hydrogen-bond donors (Lipinski definition) is 1. The maximum atomic E-state index is 9.46. The van der Waals surface area contributed by atoms with Gasteiger partial charge in [0.25, 0.3) is 0 Å². The topological polar surface area (TPSA) is 36.4 Å². The Labute approximate surface area is 110 Å². The van der Waals surface area contributed by atoms with E-state index in [1.54, 1.807) is 6.92 Å². The number of hydrogen-bond acceptors (Lipinski definition) is 3. The summed E-state index contributed by atoms with van der Waals surface area (Å²) in [5, 5.41) is 9.46. The lowest BCUT2D eigenvalue weighted by molar-refractivity contribution is 0.194. The van der Waals surface area contributed by atoms with Crippen LogP contribution in [-0.4, -0.2) is 23.2 Å².